The summed E-state index contributed by atoms with van der Waals surface area (Å²) in [6.45, 7) is 3.96. The Labute approximate surface area is 162 Å². The van der Waals surface area contributed by atoms with E-state index in [1.54, 1.807) is 17.5 Å². The molecule has 0 saturated heterocycles. The van der Waals surface area contributed by atoms with Crippen molar-refractivity contribution in [2.45, 2.75) is 33.1 Å². The molecule has 2 aromatic heterocycles. The fraction of sp³-hybridized carbons (Fsp3) is 0.250. The molecular weight excluding hydrogens is 366 g/mol. The van der Waals surface area contributed by atoms with Crippen LogP contribution in [0.25, 0.3) is 21.7 Å². The monoisotopic (exact) mass is 385 g/mol. The van der Waals surface area contributed by atoms with E-state index >= 15 is 0 Å². The second-order valence-corrected chi connectivity index (χ2v) is 7.40. The molecule has 0 aliphatic rings. The predicted molar refractivity (Wildman–Crippen MR) is 109 cm³/mol. The Morgan fingerprint density at radius 3 is 2.77 bits per heavy atom. The number of nitrogens with zero attached hydrogens (tertiary/aromatic N) is 2. The van der Waals surface area contributed by atoms with Crippen molar-refractivity contribution in [3.8, 4) is 21.7 Å². The molecule has 0 aliphatic heterocycles. The van der Waals surface area contributed by atoms with Crippen molar-refractivity contribution in [1.82, 2.24) is 9.97 Å². The van der Waals surface area contributed by atoms with Gasteiger partial charge in [0.2, 0.25) is 5.91 Å². The second kappa shape index (κ2) is 8.43. The summed E-state index contributed by atoms with van der Waals surface area (Å²) in [4.78, 5) is 21.8. The van der Waals surface area contributed by atoms with E-state index in [-0.39, 0.29) is 5.91 Å². The van der Waals surface area contributed by atoms with Gasteiger partial charge in [-0.05, 0) is 42.7 Å². The number of thiazole rings is 1. The predicted octanol–water partition coefficient (Wildman–Crippen LogP) is 5.83. The second-order valence-electron chi connectivity index (χ2n) is 5.88. The smallest absolute Gasteiger partial charge is 0.225 e. The van der Waals surface area contributed by atoms with Gasteiger partial charge in [0.05, 0.1) is 15.6 Å². The lowest BCUT2D eigenvalue weighted by atomic mass is 10.1. The summed E-state index contributed by atoms with van der Waals surface area (Å²) in [5.41, 5.74) is 2.89. The van der Waals surface area contributed by atoms with E-state index in [4.69, 9.17) is 16.6 Å². The van der Waals surface area contributed by atoms with Crippen molar-refractivity contribution in [2.75, 3.05) is 5.32 Å². The van der Waals surface area contributed by atoms with Gasteiger partial charge in [0.25, 0.3) is 0 Å². The highest BCUT2D eigenvalue weighted by Crippen LogP contribution is 2.38. The summed E-state index contributed by atoms with van der Waals surface area (Å²) in [6.07, 6.45) is 4.10. The Balaban J connectivity index is 2.06. The molecule has 1 N–H and O–H groups in total. The zero-order valence-electron chi connectivity index (χ0n) is 14.8. The van der Waals surface area contributed by atoms with Crippen LogP contribution in [-0.4, -0.2) is 15.9 Å². The summed E-state index contributed by atoms with van der Waals surface area (Å²) < 4.78 is 0. The normalized spacial score (nSPS) is 10.7. The van der Waals surface area contributed by atoms with Crippen LogP contribution in [0.15, 0.2) is 42.6 Å². The van der Waals surface area contributed by atoms with Crippen LogP contribution in [0.3, 0.4) is 0 Å². The van der Waals surface area contributed by atoms with E-state index < -0.39 is 0 Å². The number of aromatic nitrogens is 2. The van der Waals surface area contributed by atoms with Gasteiger partial charge in [-0.15, -0.1) is 11.3 Å². The van der Waals surface area contributed by atoms with Gasteiger partial charge in [-0.25, -0.2) is 9.97 Å². The average Bonchev–Trinajstić information content (AvgIpc) is 3.06. The van der Waals surface area contributed by atoms with Crippen molar-refractivity contribution in [3.05, 3.63) is 52.6 Å². The van der Waals surface area contributed by atoms with Crippen LogP contribution < -0.4 is 5.32 Å². The highest BCUT2D eigenvalue weighted by atomic mass is 35.5. The van der Waals surface area contributed by atoms with Crippen LogP contribution >= 0.6 is 22.9 Å². The summed E-state index contributed by atoms with van der Waals surface area (Å²) >= 11 is 7.85. The third-order valence-corrected chi connectivity index (χ3v) is 5.24. The fourth-order valence-corrected chi connectivity index (χ4v) is 3.96. The summed E-state index contributed by atoms with van der Waals surface area (Å²) in [5.74, 6) is 0.498. The Hall–Kier alpha value is -2.24. The van der Waals surface area contributed by atoms with Crippen LogP contribution in [0.5, 0.6) is 0 Å². The number of carbonyl (C=O) groups is 1. The van der Waals surface area contributed by atoms with Crippen molar-refractivity contribution >= 4 is 34.7 Å². The van der Waals surface area contributed by atoms with Gasteiger partial charge in [0, 0.05) is 23.2 Å². The molecular formula is C20H20ClN3OS. The number of anilines is 1. The molecule has 0 atom stereocenters. The summed E-state index contributed by atoms with van der Waals surface area (Å²) in [7, 11) is 0. The van der Waals surface area contributed by atoms with Gasteiger partial charge in [0.15, 0.2) is 0 Å². The number of pyridine rings is 1. The maximum Gasteiger partial charge on any atom is 0.225 e. The highest BCUT2D eigenvalue weighted by Gasteiger charge is 2.16. The van der Waals surface area contributed by atoms with E-state index in [1.165, 1.54) is 0 Å². The Kier molecular flexibility index (Phi) is 6.01. The summed E-state index contributed by atoms with van der Waals surface area (Å²) in [5, 5.41) is 4.59. The van der Waals surface area contributed by atoms with Gasteiger partial charge >= 0.3 is 0 Å². The topological polar surface area (TPSA) is 54.9 Å². The minimum Gasteiger partial charge on any atom is -0.311 e. The van der Waals surface area contributed by atoms with E-state index in [1.807, 2.05) is 43.3 Å². The highest BCUT2D eigenvalue weighted by molar-refractivity contribution is 7.15. The zero-order valence-corrected chi connectivity index (χ0v) is 16.3. The standard InChI is InChI=1S/C20H20ClN3OS/c1-3-6-18-24-19(13-7-5-8-15(21)11-13)20(26-18)14-9-10-22-16(12-14)23-17(25)4-2/h5,7-12H,3-4,6H2,1-2H3,(H,22,23,25). The van der Waals surface area contributed by atoms with Gasteiger partial charge in [-0.2, -0.15) is 0 Å². The van der Waals surface area contributed by atoms with Crippen LogP contribution in [-0.2, 0) is 11.2 Å². The first-order valence-electron chi connectivity index (χ1n) is 8.62. The van der Waals surface area contributed by atoms with Crippen molar-refractivity contribution < 1.29 is 4.79 Å². The lowest BCUT2D eigenvalue weighted by Crippen LogP contribution is -2.10. The minimum absolute atomic E-state index is 0.0549. The third-order valence-electron chi connectivity index (χ3n) is 3.84. The molecule has 26 heavy (non-hydrogen) atoms. The van der Waals surface area contributed by atoms with E-state index in [0.717, 1.165) is 39.5 Å². The molecule has 0 fully saturated rings. The molecule has 1 aromatic carbocycles. The van der Waals surface area contributed by atoms with Crippen LogP contribution in [0, 0.1) is 0 Å². The molecule has 1 amide bonds. The van der Waals surface area contributed by atoms with Gasteiger partial charge in [-0.3, -0.25) is 4.79 Å². The van der Waals surface area contributed by atoms with E-state index in [0.29, 0.717) is 17.3 Å². The largest absolute Gasteiger partial charge is 0.311 e. The molecule has 0 unspecified atom stereocenters. The first kappa shape index (κ1) is 18.5. The zero-order chi connectivity index (χ0) is 18.5. The number of amides is 1. The number of nitrogens with one attached hydrogen (secondary N) is 1. The molecule has 0 saturated carbocycles. The number of aryl methyl sites for hydroxylation is 1. The number of carbonyl (C=O) groups excluding carboxylic acids is 1. The molecule has 0 bridgehead atoms. The molecule has 3 rings (SSSR count). The van der Waals surface area contributed by atoms with E-state index in [9.17, 15) is 4.79 Å². The lowest BCUT2D eigenvalue weighted by molar-refractivity contribution is -0.115. The number of hydrogen-bond donors (Lipinski definition) is 1. The van der Waals surface area contributed by atoms with Crippen molar-refractivity contribution in [1.29, 1.82) is 0 Å². The number of halogens is 1. The molecule has 134 valence electrons. The lowest BCUT2D eigenvalue weighted by Gasteiger charge is -2.06. The van der Waals surface area contributed by atoms with Gasteiger partial charge in [0.1, 0.15) is 5.82 Å². The molecule has 2 heterocycles. The first-order chi connectivity index (χ1) is 12.6. The maximum atomic E-state index is 11.7. The first-order valence-corrected chi connectivity index (χ1v) is 9.82. The van der Waals surface area contributed by atoms with Crippen molar-refractivity contribution in [2.24, 2.45) is 0 Å². The van der Waals surface area contributed by atoms with Crippen LogP contribution in [0.2, 0.25) is 5.02 Å². The van der Waals surface area contributed by atoms with Gasteiger partial charge < -0.3 is 5.32 Å². The molecule has 3 aromatic rings. The minimum atomic E-state index is -0.0549. The molecule has 6 heteroatoms. The molecule has 4 nitrogen and oxygen atoms in total. The number of rotatable bonds is 6. The summed E-state index contributed by atoms with van der Waals surface area (Å²) in [6, 6.07) is 11.6. The van der Waals surface area contributed by atoms with Gasteiger partial charge in [-0.1, -0.05) is 37.6 Å². The Morgan fingerprint density at radius 1 is 1.19 bits per heavy atom. The van der Waals surface area contributed by atoms with Crippen molar-refractivity contribution in [3.63, 3.8) is 0 Å². The molecule has 0 spiro atoms. The SMILES string of the molecule is CCCc1nc(-c2cccc(Cl)c2)c(-c2ccnc(NC(=O)CC)c2)s1. The number of benzene rings is 1. The number of hydrogen-bond acceptors (Lipinski definition) is 4. The fourth-order valence-electron chi connectivity index (χ4n) is 2.58. The van der Waals surface area contributed by atoms with Crippen LogP contribution in [0.4, 0.5) is 5.82 Å². The average molecular weight is 386 g/mol. The Bertz CT molecular complexity index is 923. The van der Waals surface area contributed by atoms with E-state index in [2.05, 4.69) is 17.2 Å². The third kappa shape index (κ3) is 4.29. The van der Waals surface area contributed by atoms with Crippen LogP contribution in [0.1, 0.15) is 31.7 Å². The maximum absolute atomic E-state index is 11.7. The quantitative estimate of drug-likeness (QED) is 0.581. The Morgan fingerprint density at radius 2 is 2.04 bits per heavy atom. The molecule has 0 radical (unpaired) electrons. The molecule has 0 aliphatic carbocycles.